The maximum absolute atomic E-state index is 12.7. The maximum atomic E-state index is 12.7. The first-order valence-electron chi connectivity index (χ1n) is 7.36. The zero-order chi connectivity index (χ0) is 14.4. The fraction of sp³-hybridized carbons (Fsp3) is 0.467. The maximum Gasteiger partial charge on any atom is 0.264 e. The molecule has 0 bridgehead atoms. The monoisotopic (exact) mass is 319 g/mol. The second-order valence-electron chi connectivity index (χ2n) is 5.68. The van der Waals surface area contributed by atoms with Crippen LogP contribution in [-0.2, 0) is 0 Å². The first-order valence-corrected chi connectivity index (χ1v) is 9.06. The number of aromatic nitrogens is 2. The number of hydrogen-bond donors (Lipinski definition) is 0. The van der Waals surface area contributed by atoms with E-state index in [1.165, 1.54) is 30.6 Å². The Morgan fingerprint density at radius 1 is 1.38 bits per heavy atom. The molecular formula is C15H17N3OS2. The Kier molecular flexibility index (Phi) is 3.23. The molecule has 3 heterocycles. The summed E-state index contributed by atoms with van der Waals surface area (Å²) in [7, 11) is 1.95. The number of rotatable bonds is 2. The van der Waals surface area contributed by atoms with Gasteiger partial charge in [-0.15, -0.1) is 22.7 Å². The third-order valence-corrected chi connectivity index (χ3v) is 6.16. The summed E-state index contributed by atoms with van der Waals surface area (Å²) < 4.78 is 2.06. The summed E-state index contributed by atoms with van der Waals surface area (Å²) in [5.41, 5.74) is 1.05. The van der Waals surface area contributed by atoms with Gasteiger partial charge in [-0.1, -0.05) is 19.3 Å². The normalized spacial score (nSPS) is 16.8. The van der Waals surface area contributed by atoms with Crippen molar-refractivity contribution in [3.8, 4) is 0 Å². The predicted molar refractivity (Wildman–Crippen MR) is 87.4 cm³/mol. The van der Waals surface area contributed by atoms with E-state index in [0.717, 1.165) is 33.0 Å². The van der Waals surface area contributed by atoms with Crippen LogP contribution in [0.3, 0.4) is 0 Å². The van der Waals surface area contributed by atoms with Gasteiger partial charge in [0.05, 0.1) is 10.4 Å². The van der Waals surface area contributed by atoms with Gasteiger partial charge in [0.2, 0.25) is 0 Å². The number of thiazole rings is 1. The summed E-state index contributed by atoms with van der Waals surface area (Å²) in [6.45, 7) is 0. The molecule has 1 aliphatic carbocycles. The fourth-order valence-electron chi connectivity index (χ4n) is 3.16. The van der Waals surface area contributed by atoms with E-state index in [4.69, 9.17) is 0 Å². The number of carbonyl (C=O) groups excluding carboxylic acids is 1. The lowest BCUT2D eigenvalue weighted by Gasteiger charge is -2.30. The second-order valence-corrected chi connectivity index (χ2v) is 7.58. The van der Waals surface area contributed by atoms with Crippen LogP contribution in [0.15, 0.2) is 17.6 Å². The van der Waals surface area contributed by atoms with Gasteiger partial charge >= 0.3 is 0 Å². The summed E-state index contributed by atoms with van der Waals surface area (Å²) in [4.78, 5) is 22.0. The molecule has 3 aromatic heterocycles. The van der Waals surface area contributed by atoms with Crippen LogP contribution in [0.5, 0.6) is 0 Å². The van der Waals surface area contributed by atoms with Crippen molar-refractivity contribution < 1.29 is 4.79 Å². The van der Waals surface area contributed by atoms with Gasteiger partial charge in [-0.05, 0) is 18.9 Å². The number of nitrogens with zero attached hydrogens (tertiary/aromatic N) is 3. The lowest BCUT2D eigenvalue weighted by molar-refractivity contribution is 0.0701. The Labute approximate surface area is 131 Å². The molecule has 0 saturated heterocycles. The van der Waals surface area contributed by atoms with Crippen LogP contribution in [0.1, 0.15) is 41.8 Å². The Balaban J connectivity index is 1.64. The van der Waals surface area contributed by atoms with Crippen molar-refractivity contribution in [2.24, 2.45) is 0 Å². The standard InChI is InChI=1S/C15H17N3OS2/c1-17(10-5-3-2-4-6-10)14(19)12-9-11-13(21-12)16-15-18(11)7-8-20-15/h7-10H,2-6H2,1H3. The molecule has 110 valence electrons. The molecule has 1 saturated carbocycles. The Hall–Kier alpha value is -1.40. The van der Waals surface area contributed by atoms with Gasteiger partial charge in [0.25, 0.3) is 5.91 Å². The van der Waals surface area contributed by atoms with Crippen LogP contribution >= 0.6 is 22.7 Å². The molecule has 1 fully saturated rings. The first-order chi connectivity index (χ1) is 10.2. The van der Waals surface area contributed by atoms with E-state index in [1.54, 1.807) is 11.3 Å². The minimum atomic E-state index is 0.147. The highest BCUT2D eigenvalue weighted by Crippen LogP contribution is 2.30. The molecule has 1 aliphatic rings. The van der Waals surface area contributed by atoms with Gasteiger partial charge < -0.3 is 4.90 Å². The van der Waals surface area contributed by atoms with Gasteiger partial charge in [-0.25, -0.2) is 4.98 Å². The minimum Gasteiger partial charge on any atom is -0.338 e. The van der Waals surface area contributed by atoms with Gasteiger partial charge in [0.15, 0.2) is 4.96 Å². The fourth-order valence-corrected chi connectivity index (χ4v) is 4.94. The largest absolute Gasteiger partial charge is 0.338 e. The van der Waals surface area contributed by atoms with Crippen LogP contribution in [0.4, 0.5) is 0 Å². The molecule has 0 N–H and O–H groups in total. The van der Waals surface area contributed by atoms with Crippen LogP contribution in [0, 0.1) is 0 Å². The minimum absolute atomic E-state index is 0.147. The highest BCUT2D eigenvalue weighted by Gasteiger charge is 2.25. The number of carbonyl (C=O) groups is 1. The highest BCUT2D eigenvalue weighted by molar-refractivity contribution is 7.21. The van der Waals surface area contributed by atoms with Crippen LogP contribution < -0.4 is 0 Å². The smallest absolute Gasteiger partial charge is 0.264 e. The van der Waals surface area contributed by atoms with Crippen molar-refractivity contribution in [2.75, 3.05) is 7.05 Å². The van der Waals surface area contributed by atoms with Crippen molar-refractivity contribution in [3.63, 3.8) is 0 Å². The molecule has 4 rings (SSSR count). The van der Waals surface area contributed by atoms with Crippen molar-refractivity contribution in [1.82, 2.24) is 14.3 Å². The molecule has 0 aromatic carbocycles. The van der Waals surface area contributed by atoms with Crippen molar-refractivity contribution in [1.29, 1.82) is 0 Å². The Morgan fingerprint density at radius 3 is 3.00 bits per heavy atom. The average Bonchev–Trinajstić information content (AvgIpc) is 3.18. The number of thiophene rings is 1. The molecule has 0 unspecified atom stereocenters. The summed E-state index contributed by atoms with van der Waals surface area (Å²) in [5, 5.41) is 2.02. The summed E-state index contributed by atoms with van der Waals surface area (Å²) >= 11 is 3.14. The van der Waals surface area contributed by atoms with E-state index in [-0.39, 0.29) is 5.91 Å². The molecule has 0 spiro atoms. The Bertz CT molecular complexity index is 794. The van der Waals surface area contributed by atoms with E-state index < -0.39 is 0 Å². The van der Waals surface area contributed by atoms with Crippen LogP contribution in [-0.4, -0.2) is 33.3 Å². The third kappa shape index (κ3) is 2.17. The first kappa shape index (κ1) is 13.3. The summed E-state index contributed by atoms with van der Waals surface area (Å²) in [6, 6.07) is 2.40. The topological polar surface area (TPSA) is 37.6 Å². The Morgan fingerprint density at radius 2 is 2.19 bits per heavy atom. The van der Waals surface area contributed by atoms with E-state index in [1.807, 2.05) is 29.6 Å². The van der Waals surface area contributed by atoms with Crippen molar-refractivity contribution in [3.05, 3.63) is 22.5 Å². The number of imidazole rings is 1. The lowest BCUT2D eigenvalue weighted by Crippen LogP contribution is -2.37. The molecule has 0 aliphatic heterocycles. The van der Waals surface area contributed by atoms with E-state index in [9.17, 15) is 4.79 Å². The van der Waals surface area contributed by atoms with Gasteiger partial charge in [0, 0.05) is 24.7 Å². The van der Waals surface area contributed by atoms with Gasteiger partial charge in [-0.3, -0.25) is 9.20 Å². The van der Waals surface area contributed by atoms with Crippen molar-refractivity contribution >= 4 is 43.9 Å². The average molecular weight is 319 g/mol. The number of hydrogen-bond acceptors (Lipinski definition) is 4. The molecular weight excluding hydrogens is 302 g/mol. The van der Waals surface area contributed by atoms with E-state index in [2.05, 4.69) is 9.38 Å². The van der Waals surface area contributed by atoms with E-state index >= 15 is 0 Å². The van der Waals surface area contributed by atoms with Crippen LogP contribution in [0.2, 0.25) is 0 Å². The van der Waals surface area contributed by atoms with Crippen LogP contribution in [0.25, 0.3) is 15.3 Å². The second kappa shape index (κ2) is 5.10. The third-order valence-electron chi connectivity index (χ3n) is 4.39. The summed E-state index contributed by atoms with van der Waals surface area (Å²) in [6.07, 6.45) is 8.09. The van der Waals surface area contributed by atoms with Gasteiger partial charge in [0.1, 0.15) is 4.83 Å². The molecule has 4 nitrogen and oxygen atoms in total. The zero-order valence-corrected chi connectivity index (χ0v) is 13.5. The lowest BCUT2D eigenvalue weighted by atomic mass is 9.94. The molecule has 0 atom stereocenters. The van der Waals surface area contributed by atoms with Gasteiger partial charge in [-0.2, -0.15) is 0 Å². The number of fused-ring (bicyclic) bond motifs is 3. The molecule has 21 heavy (non-hydrogen) atoms. The molecule has 1 amide bonds. The van der Waals surface area contributed by atoms with E-state index in [0.29, 0.717) is 6.04 Å². The van der Waals surface area contributed by atoms with Crippen molar-refractivity contribution in [2.45, 2.75) is 38.1 Å². The zero-order valence-electron chi connectivity index (χ0n) is 11.9. The molecule has 0 radical (unpaired) electrons. The number of amides is 1. The molecule has 6 heteroatoms. The molecule has 3 aromatic rings. The SMILES string of the molecule is CN(C(=O)c1cc2c(nc3sccn32)s1)C1CCCCC1. The summed E-state index contributed by atoms with van der Waals surface area (Å²) in [5.74, 6) is 0.147. The quantitative estimate of drug-likeness (QED) is 0.715. The highest BCUT2D eigenvalue weighted by atomic mass is 32.1. The predicted octanol–water partition coefficient (Wildman–Crippen LogP) is 4.02.